The van der Waals surface area contributed by atoms with Crippen LogP contribution in [0.2, 0.25) is 0 Å². The first kappa shape index (κ1) is 14.6. The van der Waals surface area contributed by atoms with Gasteiger partial charge in [-0.05, 0) is 32.9 Å². The maximum absolute atomic E-state index is 12.2. The van der Waals surface area contributed by atoms with Crippen LogP contribution >= 0.6 is 15.9 Å². The van der Waals surface area contributed by atoms with E-state index in [-0.39, 0.29) is 5.56 Å². The van der Waals surface area contributed by atoms with Crippen LogP contribution in [0.5, 0.6) is 0 Å². The molecule has 0 atom stereocenters. The molecular formula is C14H14BrNO4. The Morgan fingerprint density at radius 2 is 1.95 bits per heavy atom. The number of rotatable bonds is 1. The van der Waals surface area contributed by atoms with Crippen LogP contribution in [0.25, 0.3) is 10.9 Å². The molecule has 0 aliphatic carbocycles. The zero-order valence-electron chi connectivity index (χ0n) is 11.3. The van der Waals surface area contributed by atoms with Gasteiger partial charge in [-0.3, -0.25) is 4.57 Å². The van der Waals surface area contributed by atoms with Gasteiger partial charge in [0.2, 0.25) is 0 Å². The van der Waals surface area contributed by atoms with Crippen molar-refractivity contribution in [2.75, 3.05) is 0 Å². The number of fused-ring (bicyclic) bond motifs is 1. The molecule has 106 valence electrons. The number of benzene rings is 1. The van der Waals surface area contributed by atoms with E-state index < -0.39 is 17.7 Å². The topological polar surface area (TPSA) is 68.5 Å². The van der Waals surface area contributed by atoms with E-state index in [2.05, 4.69) is 15.9 Å². The van der Waals surface area contributed by atoms with Gasteiger partial charge in [-0.15, -0.1) is 0 Å². The first-order chi connectivity index (χ1) is 9.19. The van der Waals surface area contributed by atoms with E-state index in [1.165, 1.54) is 10.8 Å². The summed E-state index contributed by atoms with van der Waals surface area (Å²) in [6.45, 7) is 5.26. The van der Waals surface area contributed by atoms with E-state index >= 15 is 0 Å². The Morgan fingerprint density at radius 3 is 2.50 bits per heavy atom. The number of aromatic nitrogens is 1. The number of carboxylic acid groups (broad SMARTS) is 1. The Hall–Kier alpha value is -1.82. The highest BCUT2D eigenvalue weighted by Gasteiger charge is 2.22. The third-order valence-corrected chi connectivity index (χ3v) is 3.08. The largest absolute Gasteiger partial charge is 0.478 e. The molecule has 6 heteroatoms. The number of carboxylic acids is 1. The molecule has 2 rings (SSSR count). The van der Waals surface area contributed by atoms with Crippen molar-refractivity contribution in [3.8, 4) is 0 Å². The molecule has 1 heterocycles. The fourth-order valence-electron chi connectivity index (χ4n) is 1.83. The minimum atomic E-state index is -1.08. The van der Waals surface area contributed by atoms with E-state index in [0.29, 0.717) is 10.9 Å². The summed E-state index contributed by atoms with van der Waals surface area (Å²) >= 11 is 3.31. The SMILES string of the molecule is CC(C)(C)OC(=O)n1cc(C(=O)O)c2ccc(Br)cc21. The van der Waals surface area contributed by atoms with Gasteiger partial charge in [0.1, 0.15) is 5.60 Å². The molecule has 0 amide bonds. The van der Waals surface area contributed by atoms with Crippen LogP contribution in [0.1, 0.15) is 31.1 Å². The number of hydrogen-bond donors (Lipinski definition) is 1. The maximum atomic E-state index is 12.2. The van der Waals surface area contributed by atoms with E-state index in [1.807, 2.05) is 0 Å². The zero-order chi connectivity index (χ0) is 15.1. The lowest BCUT2D eigenvalue weighted by Crippen LogP contribution is -2.26. The zero-order valence-corrected chi connectivity index (χ0v) is 12.9. The Morgan fingerprint density at radius 1 is 1.30 bits per heavy atom. The number of ether oxygens (including phenoxy) is 1. The van der Waals surface area contributed by atoms with Gasteiger partial charge in [-0.25, -0.2) is 9.59 Å². The Bertz CT molecular complexity index is 697. The smallest absolute Gasteiger partial charge is 0.419 e. The van der Waals surface area contributed by atoms with Crippen molar-refractivity contribution in [2.24, 2.45) is 0 Å². The average molecular weight is 340 g/mol. The molecule has 0 spiro atoms. The lowest BCUT2D eigenvalue weighted by molar-refractivity contribution is 0.0544. The van der Waals surface area contributed by atoms with Crippen LogP contribution in [-0.4, -0.2) is 27.3 Å². The third kappa shape index (κ3) is 2.85. The summed E-state index contributed by atoms with van der Waals surface area (Å²) in [7, 11) is 0. The lowest BCUT2D eigenvalue weighted by Gasteiger charge is -2.19. The Labute approximate surface area is 124 Å². The van der Waals surface area contributed by atoms with E-state index in [0.717, 1.165) is 4.47 Å². The molecule has 1 aromatic carbocycles. The van der Waals surface area contributed by atoms with Crippen LogP contribution < -0.4 is 0 Å². The van der Waals surface area contributed by atoms with Crippen LogP contribution in [0.15, 0.2) is 28.9 Å². The molecule has 0 unspecified atom stereocenters. The first-order valence-corrected chi connectivity index (χ1v) is 6.75. The second kappa shape index (κ2) is 4.94. The van der Waals surface area contributed by atoms with Gasteiger partial charge >= 0.3 is 12.1 Å². The second-order valence-electron chi connectivity index (χ2n) is 5.36. The Kier molecular flexibility index (Phi) is 3.60. The van der Waals surface area contributed by atoms with E-state index in [4.69, 9.17) is 4.74 Å². The van der Waals surface area contributed by atoms with Crippen molar-refractivity contribution in [1.29, 1.82) is 0 Å². The molecular weight excluding hydrogens is 326 g/mol. The summed E-state index contributed by atoms with van der Waals surface area (Å²) < 4.78 is 7.25. The van der Waals surface area contributed by atoms with Gasteiger partial charge in [0.25, 0.3) is 0 Å². The molecule has 0 radical (unpaired) electrons. The number of hydrogen-bond acceptors (Lipinski definition) is 3. The van der Waals surface area contributed by atoms with Crippen molar-refractivity contribution in [2.45, 2.75) is 26.4 Å². The highest BCUT2D eigenvalue weighted by atomic mass is 79.9. The molecule has 0 saturated heterocycles. The minimum absolute atomic E-state index is 0.0679. The standard InChI is InChI=1S/C14H14BrNO4/c1-14(2,3)20-13(19)16-7-10(12(17)18)9-5-4-8(15)6-11(9)16/h4-7H,1-3H3,(H,17,18). The molecule has 2 aromatic rings. The fourth-order valence-corrected chi connectivity index (χ4v) is 2.18. The predicted molar refractivity (Wildman–Crippen MR) is 78.2 cm³/mol. The second-order valence-corrected chi connectivity index (χ2v) is 6.28. The van der Waals surface area contributed by atoms with Gasteiger partial charge in [0, 0.05) is 16.1 Å². The summed E-state index contributed by atoms with van der Waals surface area (Å²) in [5, 5.41) is 9.69. The normalized spacial score (nSPS) is 11.6. The lowest BCUT2D eigenvalue weighted by atomic mass is 10.2. The van der Waals surface area contributed by atoms with Crippen LogP contribution in [0.3, 0.4) is 0 Å². The highest BCUT2D eigenvalue weighted by molar-refractivity contribution is 9.10. The highest BCUT2D eigenvalue weighted by Crippen LogP contribution is 2.26. The molecule has 5 nitrogen and oxygen atoms in total. The van der Waals surface area contributed by atoms with Crippen molar-refractivity contribution in [3.05, 3.63) is 34.4 Å². The third-order valence-electron chi connectivity index (χ3n) is 2.59. The van der Waals surface area contributed by atoms with Crippen LogP contribution in [0, 0.1) is 0 Å². The molecule has 1 N–H and O–H groups in total. The molecule has 0 saturated carbocycles. The Balaban J connectivity index is 2.61. The van der Waals surface area contributed by atoms with E-state index in [9.17, 15) is 14.7 Å². The summed E-state index contributed by atoms with van der Waals surface area (Å²) in [6, 6.07) is 5.07. The fraction of sp³-hybridized carbons (Fsp3) is 0.286. The van der Waals surface area contributed by atoms with Gasteiger partial charge in [0.15, 0.2) is 0 Å². The summed E-state index contributed by atoms with van der Waals surface area (Å²) in [4.78, 5) is 23.4. The molecule has 20 heavy (non-hydrogen) atoms. The quantitative estimate of drug-likeness (QED) is 0.855. The maximum Gasteiger partial charge on any atom is 0.419 e. The first-order valence-electron chi connectivity index (χ1n) is 5.96. The molecule has 1 aromatic heterocycles. The monoisotopic (exact) mass is 339 g/mol. The molecule has 0 aliphatic rings. The van der Waals surface area contributed by atoms with Gasteiger partial charge in [-0.1, -0.05) is 22.0 Å². The summed E-state index contributed by atoms with van der Waals surface area (Å²) in [6.07, 6.45) is 0.682. The molecule has 0 aliphatic heterocycles. The van der Waals surface area contributed by atoms with Crippen LogP contribution in [0.4, 0.5) is 4.79 Å². The molecule has 0 fully saturated rings. The summed E-state index contributed by atoms with van der Waals surface area (Å²) in [5.41, 5.74) is -0.0901. The van der Waals surface area contributed by atoms with Crippen molar-refractivity contribution < 1.29 is 19.4 Å². The number of halogens is 1. The van der Waals surface area contributed by atoms with Crippen LogP contribution in [-0.2, 0) is 4.74 Å². The number of carbonyl (C=O) groups is 2. The van der Waals surface area contributed by atoms with Gasteiger partial charge in [0.05, 0.1) is 11.1 Å². The number of nitrogens with zero attached hydrogens (tertiary/aromatic N) is 1. The van der Waals surface area contributed by atoms with Gasteiger partial charge in [-0.2, -0.15) is 0 Å². The average Bonchev–Trinajstić information content (AvgIpc) is 2.65. The predicted octanol–water partition coefficient (Wildman–Crippen LogP) is 3.89. The minimum Gasteiger partial charge on any atom is -0.478 e. The van der Waals surface area contributed by atoms with Crippen molar-refractivity contribution in [1.82, 2.24) is 4.57 Å². The summed E-state index contributed by atoms with van der Waals surface area (Å²) in [5.74, 6) is -1.08. The van der Waals surface area contributed by atoms with Crippen molar-refractivity contribution >= 4 is 38.9 Å². The number of aromatic carboxylic acids is 1. The van der Waals surface area contributed by atoms with Gasteiger partial charge < -0.3 is 9.84 Å². The molecule has 0 bridgehead atoms. The number of carbonyl (C=O) groups excluding carboxylic acids is 1. The van der Waals surface area contributed by atoms with Crippen molar-refractivity contribution in [3.63, 3.8) is 0 Å². The van der Waals surface area contributed by atoms with E-state index in [1.54, 1.807) is 39.0 Å².